The number of imidazole rings is 1. The molecule has 1 aromatic carbocycles. The number of alkyl halides is 3. The van der Waals surface area contributed by atoms with Crippen LogP contribution in [0.2, 0.25) is 0 Å². The lowest BCUT2D eigenvalue weighted by Crippen LogP contribution is -2.19. The first-order valence-electron chi connectivity index (χ1n) is 9.06. The monoisotopic (exact) mass is 433 g/mol. The molecule has 0 amide bonds. The van der Waals surface area contributed by atoms with Crippen molar-refractivity contribution >= 4 is 11.5 Å². The largest absolute Gasteiger partial charge is 0.497 e. The number of methoxy groups -OCH3 is 2. The van der Waals surface area contributed by atoms with Gasteiger partial charge in [-0.1, -0.05) is 0 Å². The van der Waals surface area contributed by atoms with Crippen molar-refractivity contribution in [2.45, 2.75) is 12.2 Å². The Morgan fingerprint density at radius 1 is 1.03 bits per heavy atom. The van der Waals surface area contributed by atoms with Crippen molar-refractivity contribution in [3.63, 3.8) is 0 Å². The number of benzene rings is 1. The maximum Gasteiger partial charge on any atom is 0.453 e. The first kappa shape index (κ1) is 20.4. The van der Waals surface area contributed by atoms with Crippen molar-refractivity contribution in [3.8, 4) is 11.5 Å². The van der Waals surface area contributed by atoms with Crippen LogP contribution in [-0.4, -0.2) is 43.6 Å². The molecule has 31 heavy (non-hydrogen) atoms. The summed E-state index contributed by atoms with van der Waals surface area (Å²) in [6.07, 6.45) is -1.30. The molecule has 1 N–H and O–H groups in total. The van der Waals surface area contributed by atoms with E-state index in [2.05, 4.69) is 25.6 Å². The molecule has 3 heterocycles. The highest BCUT2D eigenvalue weighted by molar-refractivity contribution is 5.49. The molecule has 0 aliphatic heterocycles. The van der Waals surface area contributed by atoms with Gasteiger partial charge in [0.25, 0.3) is 5.82 Å². The number of nitrogens with one attached hydrogen (secondary N) is 1. The number of anilines is 1. The van der Waals surface area contributed by atoms with Gasteiger partial charge in [0.2, 0.25) is 0 Å². The van der Waals surface area contributed by atoms with Crippen molar-refractivity contribution in [3.05, 3.63) is 59.9 Å². The Morgan fingerprint density at radius 3 is 2.32 bits per heavy atom. The van der Waals surface area contributed by atoms with Crippen LogP contribution in [0.5, 0.6) is 11.5 Å². The minimum Gasteiger partial charge on any atom is -0.497 e. The van der Waals surface area contributed by atoms with Crippen LogP contribution in [0.25, 0.3) is 5.65 Å². The van der Waals surface area contributed by atoms with E-state index < -0.39 is 18.0 Å². The summed E-state index contributed by atoms with van der Waals surface area (Å²) in [6, 6.07) is 7.65. The standard InChI is InChI=1S/C19H18F3N7O2/c1-28-7-6-23-17(28)16(11-8-12(30-2)10-13(9-11)31-3)24-14-4-5-15-25-26-18(19(20,21)22)29(15)27-14/h4-10,16H,1-3H3,(H,24,27). The molecule has 4 rings (SSSR count). The zero-order valence-corrected chi connectivity index (χ0v) is 16.8. The van der Waals surface area contributed by atoms with Gasteiger partial charge in [-0.05, 0) is 29.8 Å². The van der Waals surface area contributed by atoms with Gasteiger partial charge in [0.05, 0.1) is 14.2 Å². The third-order valence-electron chi connectivity index (χ3n) is 4.63. The molecule has 1 unspecified atom stereocenters. The number of hydrogen-bond acceptors (Lipinski definition) is 7. The summed E-state index contributed by atoms with van der Waals surface area (Å²) in [5, 5.41) is 13.9. The number of halogens is 3. The summed E-state index contributed by atoms with van der Waals surface area (Å²) in [4.78, 5) is 4.39. The quantitative estimate of drug-likeness (QED) is 0.500. The first-order valence-corrected chi connectivity index (χ1v) is 9.06. The summed E-state index contributed by atoms with van der Waals surface area (Å²) in [5.74, 6) is 0.682. The van der Waals surface area contributed by atoms with Crippen molar-refractivity contribution in [2.24, 2.45) is 7.05 Å². The first-order chi connectivity index (χ1) is 14.8. The number of hydrogen-bond donors (Lipinski definition) is 1. The highest BCUT2D eigenvalue weighted by atomic mass is 19.4. The Labute approximate surface area is 174 Å². The third-order valence-corrected chi connectivity index (χ3v) is 4.63. The van der Waals surface area contributed by atoms with Gasteiger partial charge in [-0.3, -0.25) is 0 Å². The van der Waals surface area contributed by atoms with Gasteiger partial charge in [0, 0.05) is 25.5 Å². The summed E-state index contributed by atoms with van der Waals surface area (Å²) in [6.45, 7) is 0. The Morgan fingerprint density at radius 2 is 1.74 bits per heavy atom. The Hall–Kier alpha value is -3.83. The van der Waals surface area contributed by atoms with E-state index in [0.29, 0.717) is 27.4 Å². The van der Waals surface area contributed by atoms with Crippen LogP contribution < -0.4 is 14.8 Å². The minimum atomic E-state index is -4.69. The maximum absolute atomic E-state index is 13.2. The van der Waals surface area contributed by atoms with Crippen LogP contribution in [-0.2, 0) is 13.2 Å². The lowest BCUT2D eigenvalue weighted by atomic mass is 10.0. The molecule has 3 aromatic heterocycles. The molecule has 0 saturated carbocycles. The van der Waals surface area contributed by atoms with Gasteiger partial charge in [-0.25, -0.2) is 4.98 Å². The second-order valence-corrected chi connectivity index (χ2v) is 6.63. The number of aromatic nitrogens is 6. The van der Waals surface area contributed by atoms with E-state index in [-0.39, 0.29) is 11.5 Å². The summed E-state index contributed by atoms with van der Waals surface area (Å²) >= 11 is 0. The van der Waals surface area contributed by atoms with Gasteiger partial charge < -0.3 is 19.4 Å². The number of nitrogens with zero attached hydrogens (tertiary/aromatic N) is 6. The van der Waals surface area contributed by atoms with Crippen LogP contribution in [0, 0.1) is 0 Å². The SMILES string of the molecule is COc1cc(OC)cc(C(Nc2ccc3nnc(C(F)(F)F)n3n2)c2nccn2C)c1. The predicted octanol–water partition coefficient (Wildman–Crippen LogP) is 3.10. The molecule has 0 fully saturated rings. The van der Waals surface area contributed by atoms with Crippen LogP contribution >= 0.6 is 0 Å². The van der Waals surface area contributed by atoms with Gasteiger partial charge in [0.15, 0.2) is 5.65 Å². The fourth-order valence-electron chi connectivity index (χ4n) is 3.14. The van der Waals surface area contributed by atoms with E-state index in [0.717, 1.165) is 0 Å². The van der Waals surface area contributed by atoms with E-state index in [9.17, 15) is 13.2 Å². The van der Waals surface area contributed by atoms with Crippen LogP contribution in [0.15, 0.2) is 42.7 Å². The number of rotatable bonds is 6. The van der Waals surface area contributed by atoms with Crippen molar-refractivity contribution in [1.82, 2.24) is 29.4 Å². The van der Waals surface area contributed by atoms with Gasteiger partial charge in [0.1, 0.15) is 29.2 Å². The molecule has 0 radical (unpaired) electrons. The van der Waals surface area contributed by atoms with E-state index in [1.54, 1.807) is 35.2 Å². The number of fused-ring (bicyclic) bond motifs is 1. The zero-order chi connectivity index (χ0) is 22.2. The van der Waals surface area contributed by atoms with E-state index in [4.69, 9.17) is 9.47 Å². The summed E-state index contributed by atoms with van der Waals surface area (Å²) in [5.41, 5.74) is 0.696. The fourth-order valence-corrected chi connectivity index (χ4v) is 3.14. The highest BCUT2D eigenvalue weighted by Gasteiger charge is 2.37. The van der Waals surface area contributed by atoms with Gasteiger partial charge >= 0.3 is 6.18 Å². The van der Waals surface area contributed by atoms with E-state index >= 15 is 0 Å². The Bertz CT molecular complexity index is 1200. The van der Waals surface area contributed by atoms with E-state index in [1.807, 2.05) is 7.05 Å². The molecule has 0 spiro atoms. The molecule has 4 aromatic rings. The fraction of sp³-hybridized carbons (Fsp3) is 0.263. The Kier molecular flexibility index (Phi) is 5.13. The second kappa shape index (κ2) is 7.78. The molecule has 162 valence electrons. The molecule has 0 aliphatic rings. The van der Waals surface area contributed by atoms with Crippen molar-refractivity contribution in [1.29, 1.82) is 0 Å². The number of ether oxygens (including phenoxy) is 2. The van der Waals surface area contributed by atoms with Crippen molar-refractivity contribution < 1.29 is 22.6 Å². The predicted molar refractivity (Wildman–Crippen MR) is 104 cm³/mol. The smallest absolute Gasteiger partial charge is 0.453 e. The van der Waals surface area contributed by atoms with E-state index in [1.165, 1.54) is 26.4 Å². The summed E-state index contributed by atoms with van der Waals surface area (Å²) in [7, 11) is 4.87. The molecular weight excluding hydrogens is 415 g/mol. The van der Waals surface area contributed by atoms with Crippen LogP contribution in [0.4, 0.5) is 19.0 Å². The highest BCUT2D eigenvalue weighted by Crippen LogP contribution is 2.32. The molecule has 9 nitrogen and oxygen atoms in total. The molecule has 1 atom stereocenters. The summed E-state index contributed by atoms with van der Waals surface area (Å²) < 4.78 is 52.8. The molecule has 12 heteroatoms. The van der Waals surface area contributed by atoms with Crippen LogP contribution in [0.1, 0.15) is 23.3 Å². The second-order valence-electron chi connectivity index (χ2n) is 6.63. The molecular formula is C19H18F3N7O2. The average molecular weight is 433 g/mol. The molecule has 0 aliphatic carbocycles. The van der Waals surface area contributed by atoms with Crippen molar-refractivity contribution in [2.75, 3.05) is 19.5 Å². The lowest BCUT2D eigenvalue weighted by Gasteiger charge is -2.21. The van der Waals surface area contributed by atoms with Gasteiger partial charge in [-0.15, -0.1) is 15.3 Å². The van der Waals surface area contributed by atoms with Crippen LogP contribution in [0.3, 0.4) is 0 Å². The average Bonchev–Trinajstić information content (AvgIpc) is 3.37. The molecule has 0 saturated heterocycles. The lowest BCUT2D eigenvalue weighted by molar-refractivity contribution is -0.146. The third kappa shape index (κ3) is 3.96. The topological polar surface area (TPSA) is 91.4 Å². The Balaban J connectivity index is 1.80. The molecule has 0 bridgehead atoms. The number of aryl methyl sites for hydroxylation is 1. The van der Waals surface area contributed by atoms with Gasteiger partial charge in [-0.2, -0.15) is 17.7 Å². The normalized spacial score (nSPS) is 12.7. The minimum absolute atomic E-state index is 0.0190. The maximum atomic E-state index is 13.2. The zero-order valence-electron chi connectivity index (χ0n) is 16.8.